The average molecular weight is 517 g/mol. The van der Waals surface area contributed by atoms with E-state index in [2.05, 4.69) is 0 Å². The summed E-state index contributed by atoms with van der Waals surface area (Å²) in [7, 11) is 0. The molecule has 0 radical (unpaired) electrons. The Morgan fingerprint density at radius 1 is 0.472 bits per heavy atom. The first-order chi connectivity index (χ1) is 16.5. The molecule has 0 aromatic heterocycles. The molecule has 0 aromatic carbocycles. The van der Waals surface area contributed by atoms with E-state index in [1.54, 1.807) is 47.3 Å². The molecule has 12 heteroatoms. The molecular formula is C24H44N4O8. The largest absolute Gasteiger partial charge is 0.480 e. The molecule has 1 aliphatic rings. The second-order valence-electron chi connectivity index (χ2n) is 10.2. The van der Waals surface area contributed by atoms with Crippen LogP contribution >= 0.6 is 0 Å². The van der Waals surface area contributed by atoms with Crippen LogP contribution < -0.4 is 0 Å². The number of hydrogen-bond acceptors (Lipinski definition) is 8. The molecule has 0 amide bonds. The predicted molar refractivity (Wildman–Crippen MR) is 133 cm³/mol. The first-order valence-corrected chi connectivity index (χ1v) is 12.4. The van der Waals surface area contributed by atoms with Gasteiger partial charge in [-0.3, -0.25) is 38.8 Å². The minimum absolute atomic E-state index is 0.233. The van der Waals surface area contributed by atoms with Crippen molar-refractivity contribution in [1.82, 2.24) is 19.6 Å². The Bertz CT molecular complexity index is 668. The maximum absolute atomic E-state index is 12.0. The van der Waals surface area contributed by atoms with Gasteiger partial charge in [-0.2, -0.15) is 0 Å². The van der Waals surface area contributed by atoms with Gasteiger partial charge in [0.1, 0.15) is 24.2 Å². The van der Waals surface area contributed by atoms with Crippen LogP contribution in [0.25, 0.3) is 0 Å². The highest BCUT2D eigenvalue weighted by Crippen LogP contribution is 2.21. The maximum atomic E-state index is 12.0. The van der Waals surface area contributed by atoms with Crippen LogP contribution in [0.15, 0.2) is 0 Å². The number of carboxylic acid groups (broad SMARTS) is 4. The van der Waals surface area contributed by atoms with Gasteiger partial charge in [-0.15, -0.1) is 0 Å². The molecule has 0 aliphatic carbocycles. The lowest BCUT2D eigenvalue weighted by Crippen LogP contribution is -2.62. The van der Waals surface area contributed by atoms with E-state index in [-0.39, 0.29) is 50.3 Å². The molecular weight excluding hydrogens is 472 g/mol. The van der Waals surface area contributed by atoms with E-state index in [0.29, 0.717) is 0 Å². The fraction of sp³-hybridized carbons (Fsp3) is 0.833. The van der Waals surface area contributed by atoms with E-state index in [1.807, 2.05) is 27.7 Å². The summed E-state index contributed by atoms with van der Waals surface area (Å²) in [6, 6.07) is -5.06. The number of carboxylic acids is 4. The summed E-state index contributed by atoms with van der Waals surface area (Å²) >= 11 is 0. The topological polar surface area (TPSA) is 162 Å². The number of hydrogen-bond donors (Lipinski definition) is 4. The second-order valence-corrected chi connectivity index (χ2v) is 10.2. The van der Waals surface area contributed by atoms with Crippen LogP contribution in [0.4, 0.5) is 0 Å². The van der Waals surface area contributed by atoms with Gasteiger partial charge in [0, 0.05) is 50.3 Å². The van der Waals surface area contributed by atoms with Crippen LogP contribution in [0, 0.1) is 0 Å². The average Bonchev–Trinajstić information content (AvgIpc) is 2.79. The standard InChI is InChI=1S/C24H44N4O8/c1-13-9-26(18(6)22(31)32)15(3)11-28(20(8)24(35)36)16(4)12-27(19(7)23(33)34)14(2)10-25(13)17(5)21(29)30/h13-20H,9-12H2,1-8H3,(H,29,30)(H,31,32)(H,33,34)(H,35,36)/t13-,14-,15-,16-,17-,18-,19-,20-/m1/s1. The SMILES string of the molecule is C[C@@H]1CN([C@H](C)C(=O)O)[C@H](C)CN([C@H](C)C(=O)O)[C@H](C)CN([C@H](C)C(=O)O)[C@H](C)CN1[C@H](C)C(=O)O. The number of carbonyl (C=O) groups is 4. The van der Waals surface area contributed by atoms with Crippen LogP contribution in [-0.2, 0) is 19.2 Å². The quantitative estimate of drug-likeness (QED) is 0.357. The maximum Gasteiger partial charge on any atom is 0.320 e. The normalized spacial score (nSPS) is 29.8. The highest BCUT2D eigenvalue weighted by atomic mass is 16.4. The molecule has 0 bridgehead atoms. The van der Waals surface area contributed by atoms with E-state index in [0.717, 1.165) is 0 Å². The van der Waals surface area contributed by atoms with E-state index in [4.69, 9.17) is 0 Å². The molecule has 8 atom stereocenters. The lowest BCUT2D eigenvalue weighted by molar-refractivity contribution is -0.150. The summed E-state index contributed by atoms with van der Waals surface area (Å²) in [6.45, 7) is 14.5. The molecule has 1 saturated heterocycles. The first-order valence-electron chi connectivity index (χ1n) is 12.4. The van der Waals surface area contributed by atoms with Crippen molar-refractivity contribution in [2.45, 2.75) is 104 Å². The van der Waals surface area contributed by atoms with Gasteiger partial charge in [-0.1, -0.05) is 0 Å². The first kappa shape index (κ1) is 31.7. The summed E-state index contributed by atoms with van der Waals surface area (Å²) < 4.78 is 0. The summed E-state index contributed by atoms with van der Waals surface area (Å²) in [5.41, 5.74) is 0. The summed E-state index contributed by atoms with van der Waals surface area (Å²) in [5, 5.41) is 39.1. The van der Waals surface area contributed by atoms with Gasteiger partial charge in [-0.05, 0) is 55.4 Å². The third-order valence-corrected chi connectivity index (χ3v) is 7.58. The molecule has 1 fully saturated rings. The van der Waals surface area contributed by atoms with E-state index in [9.17, 15) is 39.6 Å². The Kier molecular flexibility index (Phi) is 11.7. The lowest BCUT2D eigenvalue weighted by atomic mass is 10.0. The lowest BCUT2D eigenvalue weighted by Gasteiger charge is -2.46. The Balaban J connectivity index is 3.64. The molecule has 1 aliphatic heterocycles. The fourth-order valence-electron chi connectivity index (χ4n) is 5.09. The van der Waals surface area contributed by atoms with Crippen LogP contribution in [0.5, 0.6) is 0 Å². The molecule has 0 saturated carbocycles. The van der Waals surface area contributed by atoms with Crippen molar-refractivity contribution >= 4 is 23.9 Å². The second kappa shape index (κ2) is 13.3. The molecule has 1 rings (SSSR count). The number of rotatable bonds is 8. The monoisotopic (exact) mass is 516 g/mol. The third kappa shape index (κ3) is 7.86. The molecule has 4 N–H and O–H groups in total. The van der Waals surface area contributed by atoms with Crippen molar-refractivity contribution in [2.24, 2.45) is 0 Å². The highest BCUT2D eigenvalue weighted by Gasteiger charge is 2.38. The van der Waals surface area contributed by atoms with Gasteiger partial charge in [0.15, 0.2) is 0 Å². The van der Waals surface area contributed by atoms with Crippen LogP contribution in [-0.4, -0.2) is 138 Å². The molecule has 0 unspecified atom stereocenters. The Morgan fingerprint density at radius 3 is 0.722 bits per heavy atom. The van der Waals surface area contributed by atoms with Crippen molar-refractivity contribution < 1.29 is 39.6 Å². The molecule has 1 heterocycles. The van der Waals surface area contributed by atoms with Gasteiger partial charge < -0.3 is 20.4 Å². The van der Waals surface area contributed by atoms with Gasteiger partial charge in [0.05, 0.1) is 0 Å². The van der Waals surface area contributed by atoms with Crippen molar-refractivity contribution in [3.63, 3.8) is 0 Å². The minimum atomic E-state index is -1.03. The van der Waals surface area contributed by atoms with Gasteiger partial charge in [0.2, 0.25) is 0 Å². The van der Waals surface area contributed by atoms with E-state index in [1.165, 1.54) is 0 Å². The Labute approximate surface area is 213 Å². The number of nitrogens with zero attached hydrogens (tertiary/aromatic N) is 4. The van der Waals surface area contributed by atoms with Crippen LogP contribution in [0.1, 0.15) is 55.4 Å². The Hall–Kier alpha value is -2.28. The zero-order valence-corrected chi connectivity index (χ0v) is 22.7. The van der Waals surface area contributed by atoms with Gasteiger partial charge in [-0.25, -0.2) is 0 Å². The van der Waals surface area contributed by atoms with Crippen molar-refractivity contribution in [3.05, 3.63) is 0 Å². The van der Waals surface area contributed by atoms with Crippen molar-refractivity contribution in [3.8, 4) is 0 Å². The summed E-state index contributed by atoms with van der Waals surface area (Å²) in [5.74, 6) is -4.11. The smallest absolute Gasteiger partial charge is 0.320 e. The molecule has 208 valence electrons. The van der Waals surface area contributed by atoms with Crippen molar-refractivity contribution in [2.75, 3.05) is 26.2 Å². The molecule has 0 aromatic rings. The molecule has 0 spiro atoms. The summed E-state index contributed by atoms with van der Waals surface area (Å²) in [4.78, 5) is 54.9. The highest BCUT2D eigenvalue weighted by molar-refractivity contribution is 5.74. The predicted octanol–water partition coefficient (Wildman–Crippen LogP) is 0.654. The van der Waals surface area contributed by atoms with Crippen molar-refractivity contribution in [1.29, 1.82) is 0 Å². The minimum Gasteiger partial charge on any atom is -0.480 e. The zero-order valence-electron chi connectivity index (χ0n) is 22.7. The number of aliphatic carboxylic acids is 4. The third-order valence-electron chi connectivity index (χ3n) is 7.58. The molecule has 36 heavy (non-hydrogen) atoms. The van der Waals surface area contributed by atoms with Crippen LogP contribution in [0.3, 0.4) is 0 Å². The summed E-state index contributed by atoms with van der Waals surface area (Å²) in [6.07, 6.45) is 0. The van der Waals surface area contributed by atoms with E-state index < -0.39 is 48.0 Å². The molecule has 12 nitrogen and oxygen atoms in total. The van der Waals surface area contributed by atoms with E-state index >= 15 is 0 Å². The fourth-order valence-corrected chi connectivity index (χ4v) is 5.09. The van der Waals surface area contributed by atoms with Crippen LogP contribution in [0.2, 0.25) is 0 Å². The van der Waals surface area contributed by atoms with Gasteiger partial charge >= 0.3 is 23.9 Å². The Morgan fingerprint density at radius 2 is 0.611 bits per heavy atom. The zero-order chi connectivity index (χ0) is 28.1. The van der Waals surface area contributed by atoms with Gasteiger partial charge in [0.25, 0.3) is 0 Å².